The molecule has 0 aromatic rings. The SMILES string of the molecule is CCCCCCCCCCCC(=O)O.NC(N)=S. The first-order valence-electron chi connectivity index (χ1n) is 6.77. The van der Waals surface area contributed by atoms with Crippen LogP contribution in [0.25, 0.3) is 0 Å². The molecule has 18 heavy (non-hydrogen) atoms. The van der Waals surface area contributed by atoms with Crippen LogP contribution in [0.5, 0.6) is 0 Å². The van der Waals surface area contributed by atoms with E-state index in [9.17, 15) is 4.79 Å². The van der Waals surface area contributed by atoms with Crippen LogP contribution in [0.3, 0.4) is 0 Å². The van der Waals surface area contributed by atoms with Crippen LogP contribution >= 0.6 is 12.2 Å². The molecule has 0 atom stereocenters. The number of carbonyl (C=O) groups is 1. The first kappa shape index (κ1) is 19.5. The molecular weight excluding hydrogens is 248 g/mol. The number of nitrogens with two attached hydrogens (primary N) is 2. The Kier molecular flexibility index (Phi) is 17.5. The van der Waals surface area contributed by atoms with E-state index < -0.39 is 5.97 Å². The van der Waals surface area contributed by atoms with Crippen LogP contribution in [0.1, 0.15) is 71.1 Å². The summed E-state index contributed by atoms with van der Waals surface area (Å²) in [5.74, 6) is -0.659. The van der Waals surface area contributed by atoms with Gasteiger partial charge >= 0.3 is 5.97 Å². The number of hydrogen-bond acceptors (Lipinski definition) is 2. The predicted molar refractivity (Wildman–Crippen MR) is 80.5 cm³/mol. The summed E-state index contributed by atoms with van der Waals surface area (Å²) in [6, 6.07) is 0. The van der Waals surface area contributed by atoms with Crippen molar-refractivity contribution in [3.05, 3.63) is 0 Å². The van der Waals surface area contributed by atoms with Crippen molar-refractivity contribution in [2.75, 3.05) is 0 Å². The molecule has 0 bridgehead atoms. The van der Waals surface area contributed by atoms with E-state index in [4.69, 9.17) is 5.11 Å². The van der Waals surface area contributed by atoms with E-state index in [1.807, 2.05) is 0 Å². The fourth-order valence-corrected chi connectivity index (χ4v) is 1.59. The molecule has 0 fully saturated rings. The second-order valence-corrected chi connectivity index (χ2v) is 4.85. The van der Waals surface area contributed by atoms with E-state index in [2.05, 4.69) is 30.6 Å². The van der Waals surface area contributed by atoms with Crippen molar-refractivity contribution in [2.45, 2.75) is 71.1 Å². The van der Waals surface area contributed by atoms with Gasteiger partial charge in [0.25, 0.3) is 0 Å². The standard InChI is InChI=1S/C12H24O2.CH4N2S/c1-2-3-4-5-6-7-8-9-10-11-12(13)14;2-1(3)4/h2-11H2,1H3,(H,13,14);(H4,2,3,4). The topological polar surface area (TPSA) is 89.3 Å². The maximum Gasteiger partial charge on any atom is 0.303 e. The molecule has 108 valence electrons. The fraction of sp³-hybridized carbons (Fsp3) is 0.846. The molecule has 0 amide bonds. The lowest BCUT2D eigenvalue weighted by molar-refractivity contribution is -0.137. The van der Waals surface area contributed by atoms with Gasteiger partial charge in [0, 0.05) is 6.42 Å². The normalized spacial score (nSPS) is 9.39. The quantitative estimate of drug-likeness (QED) is 0.421. The lowest BCUT2D eigenvalue weighted by Gasteiger charge is -2.00. The van der Waals surface area contributed by atoms with Crippen molar-refractivity contribution in [1.29, 1.82) is 0 Å². The van der Waals surface area contributed by atoms with Crippen LogP contribution in [0, 0.1) is 0 Å². The molecule has 0 rings (SSSR count). The predicted octanol–water partition coefficient (Wildman–Crippen LogP) is 3.18. The van der Waals surface area contributed by atoms with Gasteiger partial charge in [-0.3, -0.25) is 4.79 Å². The second kappa shape index (κ2) is 16.2. The van der Waals surface area contributed by atoms with Crippen LogP contribution in [0.4, 0.5) is 0 Å². The Morgan fingerprint density at radius 3 is 1.61 bits per heavy atom. The molecule has 5 N–H and O–H groups in total. The van der Waals surface area contributed by atoms with Gasteiger partial charge in [-0.2, -0.15) is 0 Å². The monoisotopic (exact) mass is 276 g/mol. The molecule has 0 aliphatic rings. The Morgan fingerprint density at radius 1 is 0.944 bits per heavy atom. The zero-order chi connectivity index (χ0) is 14.2. The first-order valence-corrected chi connectivity index (χ1v) is 7.18. The number of hydrogen-bond donors (Lipinski definition) is 3. The highest BCUT2D eigenvalue weighted by Gasteiger charge is 1.96. The third-order valence-corrected chi connectivity index (χ3v) is 2.49. The summed E-state index contributed by atoms with van der Waals surface area (Å²) >= 11 is 4.09. The van der Waals surface area contributed by atoms with Gasteiger partial charge in [0.2, 0.25) is 0 Å². The zero-order valence-electron chi connectivity index (χ0n) is 11.5. The minimum absolute atomic E-state index is 0.000000000000000222. The highest BCUT2D eigenvalue weighted by molar-refractivity contribution is 7.80. The van der Waals surface area contributed by atoms with Gasteiger partial charge in [0.15, 0.2) is 5.11 Å². The lowest BCUT2D eigenvalue weighted by atomic mass is 10.1. The van der Waals surface area contributed by atoms with Crippen LogP contribution in [-0.4, -0.2) is 16.2 Å². The molecule has 0 radical (unpaired) electrons. The Balaban J connectivity index is 0. The smallest absolute Gasteiger partial charge is 0.303 e. The Bertz CT molecular complexity index is 207. The summed E-state index contributed by atoms with van der Waals surface area (Å²) in [6.07, 6.45) is 11.5. The largest absolute Gasteiger partial charge is 0.481 e. The highest BCUT2D eigenvalue weighted by atomic mass is 32.1. The summed E-state index contributed by atoms with van der Waals surface area (Å²) in [5.41, 5.74) is 9.24. The molecule has 0 heterocycles. The van der Waals surface area contributed by atoms with Gasteiger partial charge in [-0.05, 0) is 18.6 Å². The molecule has 0 aromatic heterocycles. The van der Waals surface area contributed by atoms with Crippen molar-refractivity contribution in [1.82, 2.24) is 0 Å². The second-order valence-electron chi connectivity index (χ2n) is 4.37. The summed E-state index contributed by atoms with van der Waals surface area (Å²) in [6.45, 7) is 2.23. The van der Waals surface area contributed by atoms with E-state index in [1.165, 1.54) is 44.9 Å². The van der Waals surface area contributed by atoms with Gasteiger partial charge in [-0.1, -0.05) is 58.3 Å². The lowest BCUT2D eigenvalue weighted by Crippen LogP contribution is -2.18. The van der Waals surface area contributed by atoms with Crippen LogP contribution < -0.4 is 11.5 Å². The maximum atomic E-state index is 10.2. The number of thiocarbonyl (C=S) groups is 1. The Morgan fingerprint density at radius 2 is 1.28 bits per heavy atom. The third-order valence-electron chi connectivity index (χ3n) is 2.49. The Labute approximate surface area is 116 Å². The molecule has 0 saturated carbocycles. The van der Waals surface area contributed by atoms with E-state index >= 15 is 0 Å². The van der Waals surface area contributed by atoms with Crippen molar-refractivity contribution >= 4 is 23.3 Å². The first-order chi connectivity index (χ1) is 8.50. The minimum Gasteiger partial charge on any atom is -0.481 e. The van der Waals surface area contributed by atoms with Crippen molar-refractivity contribution < 1.29 is 9.90 Å². The molecule has 0 spiro atoms. The molecule has 0 aromatic carbocycles. The molecular formula is C13H28N2O2S. The molecule has 0 unspecified atom stereocenters. The van der Waals surface area contributed by atoms with Crippen molar-refractivity contribution in [3.8, 4) is 0 Å². The van der Waals surface area contributed by atoms with Crippen LogP contribution in [0.2, 0.25) is 0 Å². The van der Waals surface area contributed by atoms with Gasteiger partial charge in [0.05, 0.1) is 0 Å². The summed E-state index contributed by atoms with van der Waals surface area (Å²) < 4.78 is 0. The summed E-state index contributed by atoms with van der Waals surface area (Å²) in [7, 11) is 0. The number of aliphatic carboxylic acids is 1. The van der Waals surface area contributed by atoms with E-state index in [-0.39, 0.29) is 5.11 Å². The van der Waals surface area contributed by atoms with Gasteiger partial charge < -0.3 is 16.6 Å². The molecule has 0 aliphatic carbocycles. The maximum absolute atomic E-state index is 10.2. The average molecular weight is 276 g/mol. The summed E-state index contributed by atoms with van der Waals surface area (Å²) in [4.78, 5) is 10.2. The van der Waals surface area contributed by atoms with E-state index in [0.29, 0.717) is 6.42 Å². The molecule has 4 nitrogen and oxygen atoms in total. The summed E-state index contributed by atoms with van der Waals surface area (Å²) in [5, 5.41) is 8.41. The molecule has 0 aliphatic heterocycles. The van der Waals surface area contributed by atoms with E-state index in [0.717, 1.165) is 12.8 Å². The van der Waals surface area contributed by atoms with Crippen molar-refractivity contribution in [3.63, 3.8) is 0 Å². The third kappa shape index (κ3) is 29.4. The van der Waals surface area contributed by atoms with E-state index in [1.54, 1.807) is 0 Å². The fourth-order valence-electron chi connectivity index (χ4n) is 1.59. The van der Waals surface area contributed by atoms with Gasteiger partial charge in [-0.15, -0.1) is 0 Å². The van der Waals surface area contributed by atoms with Crippen LogP contribution in [-0.2, 0) is 4.79 Å². The van der Waals surface area contributed by atoms with Gasteiger partial charge in [0.1, 0.15) is 0 Å². The molecule has 5 heteroatoms. The Hall–Kier alpha value is -0.840. The number of unbranched alkanes of at least 4 members (excludes halogenated alkanes) is 8. The number of rotatable bonds is 10. The molecule has 0 saturated heterocycles. The van der Waals surface area contributed by atoms with Gasteiger partial charge in [-0.25, -0.2) is 0 Å². The number of carboxylic acids is 1. The van der Waals surface area contributed by atoms with Crippen molar-refractivity contribution in [2.24, 2.45) is 11.5 Å². The van der Waals surface area contributed by atoms with Crippen LogP contribution in [0.15, 0.2) is 0 Å². The average Bonchev–Trinajstić information content (AvgIpc) is 2.26. The highest BCUT2D eigenvalue weighted by Crippen LogP contribution is 2.10. The minimum atomic E-state index is -0.659. The number of carboxylic acid groups (broad SMARTS) is 1. The zero-order valence-corrected chi connectivity index (χ0v) is 12.3.